The number of aliphatic carboxylic acids is 1. The van der Waals surface area contributed by atoms with Crippen molar-refractivity contribution >= 4 is 11.9 Å². The molecule has 1 rings (SSSR count). The monoisotopic (exact) mass is 270 g/mol. The van der Waals surface area contributed by atoms with Gasteiger partial charge >= 0.3 is 5.97 Å². The third kappa shape index (κ3) is 4.82. The first kappa shape index (κ1) is 16.0. The molecular formula is C14H26N2O3. The summed E-state index contributed by atoms with van der Waals surface area (Å²) in [5, 5.41) is 8.95. The minimum atomic E-state index is -0.753. The molecule has 5 heteroatoms. The summed E-state index contributed by atoms with van der Waals surface area (Å²) < 4.78 is 0. The minimum absolute atomic E-state index is 0.0685. The van der Waals surface area contributed by atoms with Crippen LogP contribution in [0.5, 0.6) is 0 Å². The molecule has 3 N–H and O–H groups in total. The molecule has 5 nitrogen and oxygen atoms in total. The molecule has 1 atom stereocenters. The topological polar surface area (TPSA) is 83.6 Å². The van der Waals surface area contributed by atoms with Crippen molar-refractivity contribution in [2.45, 2.75) is 40.0 Å². The summed E-state index contributed by atoms with van der Waals surface area (Å²) in [7, 11) is 0. The summed E-state index contributed by atoms with van der Waals surface area (Å²) in [6.07, 6.45) is 1.86. The Morgan fingerprint density at radius 3 is 2.21 bits per heavy atom. The van der Waals surface area contributed by atoms with Crippen LogP contribution in [-0.4, -0.2) is 41.5 Å². The first-order chi connectivity index (χ1) is 8.74. The van der Waals surface area contributed by atoms with Crippen LogP contribution >= 0.6 is 0 Å². The molecule has 0 bridgehead atoms. The third-order valence-electron chi connectivity index (χ3n) is 3.65. The molecule has 1 saturated heterocycles. The summed E-state index contributed by atoms with van der Waals surface area (Å²) in [5.74, 6) is -1.12. The van der Waals surface area contributed by atoms with Crippen LogP contribution in [0.1, 0.15) is 40.0 Å². The Bertz CT molecular complexity index is 328. The number of likely N-dealkylation sites (tertiary alicyclic amines) is 1. The van der Waals surface area contributed by atoms with E-state index >= 15 is 0 Å². The summed E-state index contributed by atoms with van der Waals surface area (Å²) in [6.45, 7) is 7.72. The van der Waals surface area contributed by atoms with Crippen molar-refractivity contribution < 1.29 is 14.7 Å². The third-order valence-corrected chi connectivity index (χ3v) is 3.65. The van der Waals surface area contributed by atoms with E-state index in [1.54, 1.807) is 4.90 Å². The van der Waals surface area contributed by atoms with Gasteiger partial charge in [0.2, 0.25) is 5.91 Å². The fourth-order valence-corrected chi connectivity index (χ4v) is 2.62. The van der Waals surface area contributed by atoms with E-state index in [-0.39, 0.29) is 23.2 Å². The fraction of sp³-hybridized carbons (Fsp3) is 0.857. The van der Waals surface area contributed by atoms with Crippen molar-refractivity contribution in [3.63, 3.8) is 0 Å². The maximum absolute atomic E-state index is 12.4. The number of hydrogen-bond acceptors (Lipinski definition) is 3. The van der Waals surface area contributed by atoms with Crippen LogP contribution in [0, 0.1) is 17.3 Å². The lowest BCUT2D eigenvalue weighted by molar-refractivity contribution is -0.146. The quantitative estimate of drug-likeness (QED) is 0.807. The summed E-state index contributed by atoms with van der Waals surface area (Å²) in [5.41, 5.74) is 5.79. The van der Waals surface area contributed by atoms with Gasteiger partial charge in [0.15, 0.2) is 0 Å². The first-order valence-corrected chi connectivity index (χ1v) is 6.96. The van der Waals surface area contributed by atoms with Crippen molar-refractivity contribution in [1.82, 2.24) is 4.90 Å². The van der Waals surface area contributed by atoms with E-state index in [1.807, 2.05) is 0 Å². The van der Waals surface area contributed by atoms with E-state index in [4.69, 9.17) is 10.8 Å². The zero-order valence-corrected chi connectivity index (χ0v) is 12.2. The molecule has 19 heavy (non-hydrogen) atoms. The SMILES string of the molecule is CC(C)(C)CC(CN)C(=O)N1CCC(C(=O)O)CC1. The van der Waals surface area contributed by atoms with Crippen LogP contribution in [0.3, 0.4) is 0 Å². The van der Waals surface area contributed by atoms with Gasteiger partial charge in [-0.2, -0.15) is 0 Å². The molecule has 1 amide bonds. The van der Waals surface area contributed by atoms with Crippen molar-refractivity contribution in [3.8, 4) is 0 Å². The Hall–Kier alpha value is -1.10. The average molecular weight is 270 g/mol. The highest BCUT2D eigenvalue weighted by atomic mass is 16.4. The Morgan fingerprint density at radius 2 is 1.84 bits per heavy atom. The molecule has 1 heterocycles. The molecule has 110 valence electrons. The fourth-order valence-electron chi connectivity index (χ4n) is 2.62. The second-order valence-corrected chi connectivity index (χ2v) is 6.64. The number of amides is 1. The first-order valence-electron chi connectivity index (χ1n) is 6.96. The van der Waals surface area contributed by atoms with Gasteiger partial charge in [0.1, 0.15) is 0 Å². The van der Waals surface area contributed by atoms with E-state index in [1.165, 1.54) is 0 Å². The highest BCUT2D eigenvalue weighted by Gasteiger charge is 2.31. The number of hydrogen-bond donors (Lipinski definition) is 2. The minimum Gasteiger partial charge on any atom is -0.481 e. The summed E-state index contributed by atoms with van der Waals surface area (Å²) in [6, 6.07) is 0. The average Bonchev–Trinajstić information content (AvgIpc) is 2.34. The lowest BCUT2D eigenvalue weighted by atomic mass is 9.83. The molecule has 1 aliphatic heterocycles. The molecule has 0 aromatic heterocycles. The Labute approximate surface area is 115 Å². The van der Waals surface area contributed by atoms with Crippen LogP contribution in [0.4, 0.5) is 0 Å². The van der Waals surface area contributed by atoms with Gasteiger partial charge in [-0.25, -0.2) is 0 Å². The van der Waals surface area contributed by atoms with Crippen LogP contribution in [0.25, 0.3) is 0 Å². The molecular weight excluding hydrogens is 244 g/mol. The molecule has 0 spiro atoms. The Balaban J connectivity index is 2.55. The molecule has 1 unspecified atom stereocenters. The maximum Gasteiger partial charge on any atom is 0.306 e. The van der Waals surface area contributed by atoms with Gasteiger partial charge in [0.05, 0.1) is 11.8 Å². The standard InChI is InChI=1S/C14H26N2O3/c1-14(2,3)8-11(9-15)12(17)16-6-4-10(5-7-16)13(18)19/h10-11H,4-9,15H2,1-3H3,(H,18,19). The number of nitrogens with zero attached hydrogens (tertiary/aromatic N) is 1. The molecule has 0 radical (unpaired) electrons. The highest BCUT2D eigenvalue weighted by molar-refractivity contribution is 5.79. The lowest BCUT2D eigenvalue weighted by Crippen LogP contribution is -2.45. The van der Waals surface area contributed by atoms with E-state index in [0.29, 0.717) is 32.5 Å². The van der Waals surface area contributed by atoms with Crippen molar-refractivity contribution in [3.05, 3.63) is 0 Å². The maximum atomic E-state index is 12.4. The van der Waals surface area contributed by atoms with Gasteiger partial charge in [0, 0.05) is 19.6 Å². The van der Waals surface area contributed by atoms with Gasteiger partial charge in [-0.1, -0.05) is 20.8 Å². The van der Waals surface area contributed by atoms with E-state index < -0.39 is 5.97 Å². The van der Waals surface area contributed by atoms with Crippen LogP contribution < -0.4 is 5.73 Å². The van der Waals surface area contributed by atoms with Gasteiger partial charge < -0.3 is 15.7 Å². The number of nitrogens with two attached hydrogens (primary N) is 1. The summed E-state index contributed by atoms with van der Waals surface area (Å²) >= 11 is 0. The van der Waals surface area contributed by atoms with Gasteiger partial charge in [-0.05, 0) is 24.7 Å². The highest BCUT2D eigenvalue weighted by Crippen LogP contribution is 2.26. The zero-order chi connectivity index (χ0) is 14.6. The molecule has 0 aromatic rings. The molecule has 0 aliphatic carbocycles. The largest absolute Gasteiger partial charge is 0.481 e. The zero-order valence-electron chi connectivity index (χ0n) is 12.2. The van der Waals surface area contributed by atoms with Crippen molar-refractivity contribution in [2.24, 2.45) is 23.0 Å². The van der Waals surface area contributed by atoms with Gasteiger partial charge in [-0.15, -0.1) is 0 Å². The van der Waals surface area contributed by atoms with E-state index in [0.717, 1.165) is 6.42 Å². The smallest absolute Gasteiger partial charge is 0.306 e. The molecule has 0 saturated carbocycles. The molecule has 1 aliphatic rings. The predicted octanol–water partition coefficient (Wildman–Crippen LogP) is 1.32. The molecule has 1 fully saturated rings. The number of carboxylic acid groups (broad SMARTS) is 1. The Morgan fingerprint density at radius 1 is 1.32 bits per heavy atom. The lowest BCUT2D eigenvalue weighted by Gasteiger charge is -2.34. The van der Waals surface area contributed by atoms with E-state index in [9.17, 15) is 9.59 Å². The normalized spacial score (nSPS) is 19.3. The number of carboxylic acids is 1. The number of carbonyl (C=O) groups is 2. The second kappa shape index (κ2) is 6.37. The predicted molar refractivity (Wildman–Crippen MR) is 73.6 cm³/mol. The van der Waals surface area contributed by atoms with Crippen LogP contribution in [-0.2, 0) is 9.59 Å². The van der Waals surface area contributed by atoms with Crippen molar-refractivity contribution in [2.75, 3.05) is 19.6 Å². The Kier molecular flexibility index (Phi) is 5.35. The van der Waals surface area contributed by atoms with Gasteiger partial charge in [0.25, 0.3) is 0 Å². The van der Waals surface area contributed by atoms with Crippen LogP contribution in [0.15, 0.2) is 0 Å². The number of piperidine rings is 1. The van der Waals surface area contributed by atoms with Crippen LogP contribution in [0.2, 0.25) is 0 Å². The molecule has 0 aromatic carbocycles. The summed E-state index contributed by atoms with van der Waals surface area (Å²) in [4.78, 5) is 25.0. The van der Waals surface area contributed by atoms with E-state index in [2.05, 4.69) is 20.8 Å². The second-order valence-electron chi connectivity index (χ2n) is 6.64. The number of rotatable bonds is 4. The van der Waals surface area contributed by atoms with Gasteiger partial charge in [-0.3, -0.25) is 9.59 Å². The number of carbonyl (C=O) groups excluding carboxylic acids is 1. The van der Waals surface area contributed by atoms with Crippen molar-refractivity contribution in [1.29, 1.82) is 0 Å².